The third-order valence-corrected chi connectivity index (χ3v) is 8.93. The minimum absolute atomic E-state index is 0.0504. The highest BCUT2D eigenvalue weighted by Crippen LogP contribution is 2.31. The fourth-order valence-electron chi connectivity index (χ4n) is 4.99. The van der Waals surface area contributed by atoms with Crippen LogP contribution >= 0.6 is 0 Å². The lowest BCUT2D eigenvalue weighted by Gasteiger charge is -2.33. The molecule has 3 atom stereocenters. The first-order valence-electron chi connectivity index (χ1n) is 17.2. The van der Waals surface area contributed by atoms with Crippen LogP contribution in [0.1, 0.15) is 100.0 Å². The van der Waals surface area contributed by atoms with E-state index in [1.165, 1.54) is 0 Å². The van der Waals surface area contributed by atoms with Gasteiger partial charge in [0, 0.05) is 33.2 Å². The van der Waals surface area contributed by atoms with Gasteiger partial charge in [-0.1, -0.05) is 39.7 Å². The fourth-order valence-corrected chi connectivity index (χ4v) is 6.09. The van der Waals surface area contributed by atoms with Crippen molar-refractivity contribution < 1.29 is 46.8 Å². The molecular weight excluding hydrogens is 654 g/mol. The molecule has 0 fully saturated rings. The van der Waals surface area contributed by atoms with Crippen molar-refractivity contribution in [1.82, 2.24) is 14.3 Å². The lowest BCUT2D eigenvalue weighted by molar-refractivity contribution is 0.0363. The largest absolute Gasteiger partial charge is 0.493 e. The Hall–Kier alpha value is -2.81. The Bertz CT molecular complexity index is 1250. The maximum atomic E-state index is 13.4. The van der Waals surface area contributed by atoms with Gasteiger partial charge in [-0.15, -0.1) is 0 Å². The van der Waals surface area contributed by atoms with E-state index in [1.54, 1.807) is 55.8 Å². The van der Waals surface area contributed by atoms with Crippen molar-refractivity contribution in [2.75, 3.05) is 40.5 Å². The summed E-state index contributed by atoms with van der Waals surface area (Å²) in [5.74, 6) is 1.26. The number of unbranched alkanes of at least 4 members (excludes halogenated alkanes) is 2. The van der Waals surface area contributed by atoms with Gasteiger partial charge in [-0.05, 0) is 90.3 Å². The molecule has 49 heavy (non-hydrogen) atoms. The third-order valence-electron chi connectivity index (χ3n) is 7.50. The van der Waals surface area contributed by atoms with Gasteiger partial charge in [0.05, 0.1) is 25.9 Å². The van der Waals surface area contributed by atoms with Gasteiger partial charge in [-0.2, -0.15) is 12.7 Å². The highest BCUT2D eigenvalue weighted by atomic mass is 32.2. The van der Waals surface area contributed by atoms with Crippen molar-refractivity contribution in [2.24, 2.45) is 11.8 Å². The number of benzene rings is 1. The van der Waals surface area contributed by atoms with Crippen LogP contribution in [-0.2, 0) is 30.8 Å². The molecule has 0 aliphatic carbocycles. The summed E-state index contributed by atoms with van der Waals surface area (Å²) in [5, 5.41) is 14.5. The maximum absolute atomic E-state index is 13.4. The highest BCUT2D eigenvalue weighted by molar-refractivity contribution is 7.87. The molecule has 284 valence electrons. The van der Waals surface area contributed by atoms with Gasteiger partial charge in [0.25, 0.3) is 0 Å². The van der Waals surface area contributed by atoms with Gasteiger partial charge in [0.15, 0.2) is 11.5 Å². The van der Waals surface area contributed by atoms with E-state index in [4.69, 9.17) is 23.7 Å². The monoisotopic (exact) mass is 717 g/mol. The molecule has 0 aliphatic heterocycles. The topological polar surface area (TPSA) is 162 Å². The van der Waals surface area contributed by atoms with Crippen molar-refractivity contribution in [3.63, 3.8) is 0 Å². The molecule has 1 rings (SSSR count). The second kappa shape index (κ2) is 20.8. The van der Waals surface area contributed by atoms with E-state index in [2.05, 4.69) is 19.2 Å². The lowest BCUT2D eigenvalue weighted by Crippen LogP contribution is -2.54. The Morgan fingerprint density at radius 3 is 2.10 bits per heavy atom. The van der Waals surface area contributed by atoms with Crippen LogP contribution in [0.4, 0.5) is 9.59 Å². The number of carbonyl (C=O) groups excluding carboxylic acids is 2. The van der Waals surface area contributed by atoms with Gasteiger partial charge < -0.3 is 34.1 Å². The standard InChI is InChI=1S/C35H63N3O10S/c1-12-13-14-18-38(49(42,43)37-33(41)48-35(7,8)9)24-29(39)28(36-32(40)47-34(4,5)6)23-27(25(2)3)21-26-16-17-30(45-11)31(22-26)46-20-15-19-44-10/h16-17,22,25,27-29,39H,12-15,18-21,23-24H2,1-11H3,(H,36,40)(H,37,41)/t27-,28-,29-/m0/s1. The molecule has 14 heteroatoms. The molecule has 0 bridgehead atoms. The van der Waals surface area contributed by atoms with Crippen LogP contribution in [0.25, 0.3) is 0 Å². The number of hydrogen-bond acceptors (Lipinski definition) is 10. The molecule has 1 aromatic carbocycles. The molecule has 0 saturated heterocycles. The molecule has 0 radical (unpaired) electrons. The Morgan fingerprint density at radius 1 is 0.918 bits per heavy atom. The molecule has 3 N–H and O–H groups in total. The molecule has 2 amide bonds. The number of hydrogen-bond donors (Lipinski definition) is 3. The zero-order chi connectivity index (χ0) is 37.4. The van der Waals surface area contributed by atoms with Gasteiger partial charge in [0.1, 0.15) is 11.2 Å². The number of nitrogens with one attached hydrogen (secondary N) is 2. The first-order chi connectivity index (χ1) is 22.7. The Balaban J connectivity index is 3.38. The molecule has 0 aromatic heterocycles. The molecule has 13 nitrogen and oxygen atoms in total. The Kier molecular flexibility index (Phi) is 18.7. The number of carbonyl (C=O) groups is 2. The third kappa shape index (κ3) is 18.1. The average molecular weight is 718 g/mol. The molecule has 0 heterocycles. The summed E-state index contributed by atoms with van der Waals surface area (Å²) >= 11 is 0. The summed E-state index contributed by atoms with van der Waals surface area (Å²) in [5.41, 5.74) is -0.745. The van der Waals surface area contributed by atoms with Crippen LogP contribution in [0.2, 0.25) is 0 Å². The predicted octanol–water partition coefficient (Wildman–Crippen LogP) is 5.83. The second-order valence-electron chi connectivity index (χ2n) is 14.6. The average Bonchev–Trinajstić information content (AvgIpc) is 2.95. The number of ether oxygens (including phenoxy) is 5. The zero-order valence-corrected chi connectivity index (χ0v) is 32.4. The van der Waals surface area contributed by atoms with E-state index in [9.17, 15) is 23.1 Å². The van der Waals surface area contributed by atoms with Gasteiger partial charge >= 0.3 is 22.4 Å². The first-order valence-corrected chi connectivity index (χ1v) is 18.6. The Morgan fingerprint density at radius 2 is 1.55 bits per heavy atom. The predicted molar refractivity (Wildman–Crippen MR) is 190 cm³/mol. The smallest absolute Gasteiger partial charge is 0.422 e. The minimum Gasteiger partial charge on any atom is -0.493 e. The summed E-state index contributed by atoms with van der Waals surface area (Å²) in [6, 6.07) is 4.84. The number of alkyl carbamates (subject to hydrolysis) is 1. The zero-order valence-electron chi connectivity index (χ0n) is 31.6. The summed E-state index contributed by atoms with van der Waals surface area (Å²) in [6.45, 7) is 16.9. The number of rotatable bonds is 21. The van der Waals surface area contributed by atoms with Gasteiger partial charge in [0.2, 0.25) is 0 Å². The van der Waals surface area contributed by atoms with Crippen LogP contribution in [0.5, 0.6) is 11.5 Å². The minimum atomic E-state index is -4.41. The second-order valence-corrected chi connectivity index (χ2v) is 16.3. The van der Waals surface area contributed by atoms with E-state index in [-0.39, 0.29) is 24.9 Å². The lowest BCUT2D eigenvalue weighted by atomic mass is 9.83. The van der Waals surface area contributed by atoms with Crippen molar-refractivity contribution in [3.8, 4) is 11.5 Å². The van der Waals surface area contributed by atoms with E-state index in [0.29, 0.717) is 50.4 Å². The molecule has 0 saturated carbocycles. The van der Waals surface area contributed by atoms with Crippen molar-refractivity contribution in [1.29, 1.82) is 0 Å². The molecule has 0 unspecified atom stereocenters. The highest BCUT2D eigenvalue weighted by Gasteiger charge is 2.34. The van der Waals surface area contributed by atoms with Crippen molar-refractivity contribution in [3.05, 3.63) is 23.8 Å². The quantitative estimate of drug-likeness (QED) is 0.132. The van der Waals surface area contributed by atoms with Crippen LogP contribution in [-0.4, -0.2) is 93.9 Å². The maximum Gasteiger partial charge on any atom is 0.422 e. The van der Waals surface area contributed by atoms with Crippen LogP contribution < -0.4 is 19.5 Å². The number of amides is 2. The number of nitrogens with zero attached hydrogens (tertiary/aromatic N) is 1. The number of aliphatic hydroxyl groups is 1. The van der Waals surface area contributed by atoms with Crippen molar-refractivity contribution >= 4 is 22.4 Å². The van der Waals surface area contributed by atoms with Crippen LogP contribution in [0.3, 0.4) is 0 Å². The molecule has 0 spiro atoms. The van der Waals surface area contributed by atoms with Gasteiger partial charge in [-0.25, -0.2) is 14.3 Å². The summed E-state index contributed by atoms with van der Waals surface area (Å²) < 4.78 is 57.1. The summed E-state index contributed by atoms with van der Waals surface area (Å²) in [6.07, 6.45) is 0.474. The SMILES string of the molecule is CCCCCN(C[C@H](O)[C@H](C[C@H](Cc1ccc(OC)c(OCCCOC)c1)C(C)C)NC(=O)OC(C)(C)C)S(=O)(=O)NC(=O)OC(C)(C)C. The van der Waals surface area contributed by atoms with E-state index >= 15 is 0 Å². The first kappa shape index (κ1) is 44.2. The van der Waals surface area contributed by atoms with E-state index in [0.717, 1.165) is 22.7 Å². The Labute approximate surface area is 294 Å². The number of aliphatic hydroxyl groups excluding tert-OH is 1. The van der Waals surface area contributed by atoms with Crippen molar-refractivity contribution in [2.45, 2.75) is 124 Å². The van der Waals surface area contributed by atoms with E-state index in [1.807, 2.05) is 29.8 Å². The molecule has 1 aromatic rings. The normalized spacial score (nSPS) is 14.2. The number of methoxy groups -OCH3 is 2. The summed E-state index contributed by atoms with van der Waals surface area (Å²) in [7, 11) is -1.19. The fraction of sp³-hybridized carbons (Fsp3) is 0.771. The summed E-state index contributed by atoms with van der Waals surface area (Å²) in [4.78, 5) is 25.5. The molecule has 0 aliphatic rings. The van der Waals surface area contributed by atoms with E-state index < -0.39 is 45.7 Å². The van der Waals surface area contributed by atoms with Crippen LogP contribution in [0.15, 0.2) is 18.2 Å². The van der Waals surface area contributed by atoms with Crippen LogP contribution in [0, 0.1) is 11.8 Å². The molecular formula is C35H63N3O10S. The van der Waals surface area contributed by atoms with Gasteiger partial charge in [-0.3, -0.25) is 0 Å².